The molecule has 0 aliphatic rings. The molecule has 0 spiro atoms. The molecule has 0 bridgehead atoms. The number of rotatable bonds is 4. The maximum absolute atomic E-state index is 5.58. The maximum Gasteiger partial charge on any atom is 0.199 e. The Balaban J connectivity index is 2.72. The van der Waals surface area contributed by atoms with E-state index in [-0.39, 0.29) is 0 Å². The molecule has 0 saturated heterocycles. The largest absolute Gasteiger partial charge is 0.199 e. The molecule has 0 rings (SSSR count). The van der Waals surface area contributed by atoms with Gasteiger partial charge in [0.1, 0.15) is 22.5 Å². The van der Waals surface area contributed by atoms with E-state index in [1.807, 2.05) is 0 Å². The predicted molar refractivity (Wildman–Crippen MR) is 44.4 cm³/mol. The van der Waals surface area contributed by atoms with Gasteiger partial charge >= 0.3 is 0 Å². The maximum atomic E-state index is 5.58. The standard InChI is InChI=1S/C5H11Cl2P/c1-2-3-4-5-8(6)7/h2-5H2,1H3/p+1. The Kier molecular flexibility index (Phi) is 6.91. The van der Waals surface area contributed by atoms with Gasteiger partial charge in [0.25, 0.3) is 0 Å². The molecule has 0 aromatic rings. The van der Waals surface area contributed by atoms with E-state index in [1.165, 1.54) is 19.3 Å². The van der Waals surface area contributed by atoms with Crippen molar-refractivity contribution >= 4 is 29.1 Å². The van der Waals surface area contributed by atoms with Crippen LogP contribution in [0.15, 0.2) is 0 Å². The molecule has 0 N–H and O–H groups in total. The van der Waals surface area contributed by atoms with E-state index in [0.717, 1.165) is 6.16 Å². The van der Waals surface area contributed by atoms with Gasteiger partial charge in [0.15, 0.2) is 6.63 Å². The Hall–Kier alpha value is 1.01. The highest BCUT2D eigenvalue weighted by atomic mass is 35.9. The fourth-order valence-electron chi connectivity index (χ4n) is 0.509. The minimum absolute atomic E-state index is 0.963. The van der Waals surface area contributed by atoms with E-state index in [1.54, 1.807) is 0 Å². The van der Waals surface area contributed by atoms with Gasteiger partial charge in [-0.25, -0.2) is 0 Å². The normalized spacial score (nSPS) is 10.5. The number of hydrogen-bond donors (Lipinski definition) is 0. The highest BCUT2D eigenvalue weighted by Crippen LogP contribution is 2.47. The van der Waals surface area contributed by atoms with E-state index in [4.69, 9.17) is 22.5 Å². The lowest BCUT2D eigenvalue weighted by Crippen LogP contribution is -1.74. The van der Waals surface area contributed by atoms with Crippen molar-refractivity contribution in [2.45, 2.75) is 26.2 Å². The molecule has 0 aromatic carbocycles. The van der Waals surface area contributed by atoms with Crippen LogP contribution in [0.1, 0.15) is 26.2 Å². The van der Waals surface area contributed by atoms with Crippen LogP contribution in [0.3, 0.4) is 0 Å². The summed E-state index contributed by atoms with van der Waals surface area (Å²) in [7, 11) is 0. The van der Waals surface area contributed by atoms with E-state index >= 15 is 0 Å². The van der Waals surface area contributed by atoms with Gasteiger partial charge in [-0.3, -0.25) is 0 Å². The van der Waals surface area contributed by atoms with Crippen molar-refractivity contribution in [3.63, 3.8) is 0 Å². The van der Waals surface area contributed by atoms with E-state index < -0.39 is 6.63 Å². The molecule has 3 heteroatoms. The van der Waals surface area contributed by atoms with Crippen LogP contribution in [0.4, 0.5) is 0 Å². The number of halogens is 2. The van der Waals surface area contributed by atoms with Gasteiger partial charge < -0.3 is 0 Å². The first-order valence-electron chi connectivity index (χ1n) is 2.94. The molecule has 0 aliphatic carbocycles. The van der Waals surface area contributed by atoms with Crippen LogP contribution in [-0.4, -0.2) is 6.16 Å². The fourth-order valence-corrected chi connectivity index (χ4v) is 1.83. The first kappa shape index (κ1) is 9.01. The summed E-state index contributed by atoms with van der Waals surface area (Å²) in [5.41, 5.74) is 0. The lowest BCUT2D eigenvalue weighted by Gasteiger charge is -1.89. The zero-order valence-corrected chi connectivity index (χ0v) is 7.60. The van der Waals surface area contributed by atoms with Crippen LogP contribution >= 0.6 is 29.1 Å². The summed E-state index contributed by atoms with van der Waals surface area (Å²) in [6.45, 7) is 1.21. The van der Waals surface area contributed by atoms with Gasteiger partial charge in [-0.1, -0.05) is 19.8 Å². The highest BCUT2D eigenvalue weighted by Gasteiger charge is 2.05. The topological polar surface area (TPSA) is 0 Å². The molecule has 0 atom stereocenters. The molecule has 0 radical (unpaired) electrons. The SMILES string of the molecule is CCCCC[PH+](Cl)Cl. The summed E-state index contributed by atoms with van der Waals surface area (Å²) >= 11 is 11.2. The average Bonchev–Trinajstić information content (AvgIpc) is 1.66. The molecule has 8 heavy (non-hydrogen) atoms. The molecular formula is C5H12Cl2P+. The van der Waals surface area contributed by atoms with Crippen LogP contribution in [0.2, 0.25) is 0 Å². The van der Waals surface area contributed by atoms with E-state index in [0.29, 0.717) is 0 Å². The van der Waals surface area contributed by atoms with Crippen molar-refractivity contribution in [3.8, 4) is 0 Å². The van der Waals surface area contributed by atoms with E-state index in [2.05, 4.69) is 6.92 Å². The number of hydrogen-bond acceptors (Lipinski definition) is 0. The zero-order valence-electron chi connectivity index (χ0n) is 5.08. The predicted octanol–water partition coefficient (Wildman–Crippen LogP) is 3.70. The van der Waals surface area contributed by atoms with Crippen LogP contribution < -0.4 is 0 Å². The van der Waals surface area contributed by atoms with Gasteiger partial charge in [0.05, 0.1) is 6.16 Å². The smallest absolute Gasteiger partial charge is 0.0654 e. The van der Waals surface area contributed by atoms with Crippen LogP contribution in [0.25, 0.3) is 0 Å². The van der Waals surface area contributed by atoms with Gasteiger partial charge in [0.2, 0.25) is 0 Å². The highest BCUT2D eigenvalue weighted by molar-refractivity contribution is 8.03. The summed E-state index contributed by atoms with van der Waals surface area (Å²) in [4.78, 5) is 0. The Morgan fingerprint density at radius 1 is 1.25 bits per heavy atom. The van der Waals surface area contributed by atoms with Crippen LogP contribution in [0.5, 0.6) is 0 Å². The van der Waals surface area contributed by atoms with Crippen LogP contribution in [0, 0.1) is 0 Å². The average molecular weight is 174 g/mol. The van der Waals surface area contributed by atoms with Crippen molar-refractivity contribution in [2.24, 2.45) is 0 Å². The molecule has 0 saturated carbocycles. The minimum atomic E-state index is -0.963. The second-order valence-corrected chi connectivity index (χ2v) is 6.29. The van der Waals surface area contributed by atoms with Gasteiger partial charge in [-0.2, -0.15) is 0 Å². The molecule has 0 heterocycles. The summed E-state index contributed by atoms with van der Waals surface area (Å²) < 4.78 is 0. The van der Waals surface area contributed by atoms with Gasteiger partial charge in [0, 0.05) is 0 Å². The van der Waals surface area contributed by atoms with Crippen molar-refractivity contribution in [3.05, 3.63) is 0 Å². The van der Waals surface area contributed by atoms with Gasteiger partial charge in [-0.05, 0) is 6.42 Å². The van der Waals surface area contributed by atoms with Crippen molar-refractivity contribution in [2.75, 3.05) is 6.16 Å². The third-order valence-corrected chi connectivity index (χ3v) is 2.83. The Morgan fingerprint density at radius 3 is 2.25 bits per heavy atom. The molecule has 0 aliphatic heterocycles. The molecule has 0 aromatic heterocycles. The second kappa shape index (κ2) is 6.13. The third kappa shape index (κ3) is 7.01. The third-order valence-electron chi connectivity index (χ3n) is 0.969. The van der Waals surface area contributed by atoms with Gasteiger partial charge in [-0.15, -0.1) is 0 Å². The Labute approximate surface area is 61.9 Å². The number of unbranched alkanes of at least 4 members (excludes halogenated alkanes) is 2. The minimum Gasteiger partial charge on any atom is -0.0654 e. The first-order valence-corrected chi connectivity index (χ1v) is 6.67. The quantitative estimate of drug-likeness (QED) is 0.450. The second-order valence-electron chi connectivity index (χ2n) is 1.80. The molecule has 0 fully saturated rings. The van der Waals surface area contributed by atoms with Crippen LogP contribution in [-0.2, 0) is 0 Å². The molecular weight excluding hydrogens is 162 g/mol. The zero-order chi connectivity index (χ0) is 6.41. The summed E-state index contributed by atoms with van der Waals surface area (Å²) in [5, 5.41) is 0. The summed E-state index contributed by atoms with van der Waals surface area (Å²) in [6.07, 6.45) is 4.77. The molecule has 50 valence electrons. The monoisotopic (exact) mass is 173 g/mol. The molecule has 0 nitrogen and oxygen atoms in total. The van der Waals surface area contributed by atoms with E-state index in [9.17, 15) is 0 Å². The Morgan fingerprint density at radius 2 is 1.88 bits per heavy atom. The summed E-state index contributed by atoms with van der Waals surface area (Å²) in [6, 6.07) is 0. The molecule has 0 unspecified atom stereocenters. The Bertz CT molecular complexity index is 47.7. The summed E-state index contributed by atoms with van der Waals surface area (Å²) in [5.74, 6) is 0. The fraction of sp³-hybridized carbons (Fsp3) is 1.00. The van der Waals surface area contributed by atoms with Crippen molar-refractivity contribution in [1.82, 2.24) is 0 Å². The lowest BCUT2D eigenvalue weighted by atomic mass is 10.3. The lowest BCUT2D eigenvalue weighted by molar-refractivity contribution is 0.778. The van der Waals surface area contributed by atoms with Crippen molar-refractivity contribution < 1.29 is 0 Å². The first-order chi connectivity index (χ1) is 3.77. The molecule has 0 amide bonds. The van der Waals surface area contributed by atoms with Crippen molar-refractivity contribution in [1.29, 1.82) is 0 Å².